The van der Waals surface area contributed by atoms with Gasteiger partial charge in [-0.1, -0.05) is 18.2 Å². The number of carboxylic acids is 2. The number of hydrogen-bond acceptors (Lipinski definition) is 4. The second-order valence-electron chi connectivity index (χ2n) is 5.35. The van der Waals surface area contributed by atoms with E-state index in [9.17, 15) is 14.7 Å². The van der Waals surface area contributed by atoms with Crippen molar-refractivity contribution in [3.8, 4) is 5.75 Å². The molecule has 6 heteroatoms. The first-order valence-electron chi connectivity index (χ1n) is 6.61. The Bertz CT molecular complexity index is 704. The zero-order valence-electron chi connectivity index (χ0n) is 12.3. The SMILES string of the molecule is COc1ccc(C2=CC=C(C(=O)O)CC2(C)C(=O)O)cc1N. The maximum atomic E-state index is 11.7. The van der Waals surface area contributed by atoms with Gasteiger partial charge in [0.25, 0.3) is 0 Å². The number of methoxy groups -OCH3 is 1. The van der Waals surface area contributed by atoms with Crippen molar-refractivity contribution in [1.82, 2.24) is 0 Å². The van der Waals surface area contributed by atoms with Gasteiger partial charge in [-0.2, -0.15) is 0 Å². The molecule has 0 aliphatic heterocycles. The van der Waals surface area contributed by atoms with Gasteiger partial charge in [-0.25, -0.2) is 4.79 Å². The van der Waals surface area contributed by atoms with Gasteiger partial charge in [-0.3, -0.25) is 4.79 Å². The van der Waals surface area contributed by atoms with E-state index in [1.807, 2.05) is 0 Å². The zero-order valence-corrected chi connectivity index (χ0v) is 12.3. The standard InChI is InChI=1S/C16H17NO5/c1-16(15(20)21)8-10(14(18)19)3-5-11(16)9-4-6-13(22-2)12(17)7-9/h3-7H,8,17H2,1-2H3,(H,18,19)(H,20,21). The number of ether oxygens (including phenoxy) is 1. The topological polar surface area (TPSA) is 110 Å². The van der Waals surface area contributed by atoms with E-state index in [1.165, 1.54) is 26.2 Å². The van der Waals surface area contributed by atoms with Crippen LogP contribution in [0.25, 0.3) is 5.57 Å². The number of allylic oxidation sites excluding steroid dienone is 2. The minimum atomic E-state index is -1.33. The quantitative estimate of drug-likeness (QED) is 0.735. The number of benzene rings is 1. The van der Waals surface area contributed by atoms with E-state index in [0.29, 0.717) is 22.6 Å². The molecule has 0 radical (unpaired) electrons. The molecule has 0 aromatic heterocycles. The highest BCUT2D eigenvalue weighted by atomic mass is 16.5. The van der Waals surface area contributed by atoms with E-state index in [4.69, 9.17) is 15.6 Å². The van der Waals surface area contributed by atoms with E-state index in [1.54, 1.807) is 18.2 Å². The summed E-state index contributed by atoms with van der Waals surface area (Å²) in [5.74, 6) is -1.70. The lowest BCUT2D eigenvalue weighted by molar-refractivity contribution is -0.144. The van der Waals surface area contributed by atoms with E-state index in [-0.39, 0.29) is 12.0 Å². The van der Waals surface area contributed by atoms with Crippen LogP contribution in [0.4, 0.5) is 5.69 Å². The molecular weight excluding hydrogens is 286 g/mol. The summed E-state index contributed by atoms with van der Waals surface area (Å²) in [6, 6.07) is 5.00. The molecule has 2 rings (SSSR count). The average Bonchev–Trinajstić information content (AvgIpc) is 2.46. The Kier molecular flexibility index (Phi) is 3.95. The van der Waals surface area contributed by atoms with E-state index in [0.717, 1.165) is 0 Å². The molecule has 1 aromatic carbocycles. The second-order valence-corrected chi connectivity index (χ2v) is 5.35. The summed E-state index contributed by atoms with van der Waals surface area (Å²) in [5.41, 5.74) is 6.14. The van der Waals surface area contributed by atoms with Gasteiger partial charge in [-0.15, -0.1) is 0 Å². The van der Waals surface area contributed by atoms with Crippen molar-refractivity contribution in [2.24, 2.45) is 5.41 Å². The number of aliphatic carboxylic acids is 2. The molecule has 0 heterocycles. The van der Waals surface area contributed by atoms with Crippen LogP contribution in [0, 0.1) is 5.41 Å². The van der Waals surface area contributed by atoms with Crippen LogP contribution in [0.1, 0.15) is 18.9 Å². The Balaban J connectivity index is 2.57. The molecule has 6 nitrogen and oxygen atoms in total. The van der Waals surface area contributed by atoms with E-state index in [2.05, 4.69) is 0 Å². The first-order valence-corrected chi connectivity index (χ1v) is 6.61. The molecule has 22 heavy (non-hydrogen) atoms. The maximum Gasteiger partial charge on any atom is 0.331 e. The molecule has 0 bridgehead atoms. The summed E-state index contributed by atoms with van der Waals surface area (Å²) in [6.45, 7) is 1.51. The predicted molar refractivity (Wildman–Crippen MR) is 81.5 cm³/mol. The van der Waals surface area contributed by atoms with E-state index >= 15 is 0 Å². The predicted octanol–water partition coefficient (Wildman–Crippen LogP) is 2.17. The molecule has 0 amide bonds. The highest BCUT2D eigenvalue weighted by Crippen LogP contribution is 2.44. The van der Waals surface area contributed by atoms with Gasteiger partial charge in [0.15, 0.2) is 0 Å². The van der Waals surface area contributed by atoms with Crippen molar-refractivity contribution in [2.45, 2.75) is 13.3 Å². The van der Waals surface area contributed by atoms with Gasteiger partial charge in [0.05, 0.1) is 18.2 Å². The fraction of sp³-hybridized carbons (Fsp3) is 0.250. The first-order chi connectivity index (χ1) is 10.3. The summed E-state index contributed by atoms with van der Waals surface area (Å²) >= 11 is 0. The molecular formula is C16H17NO5. The molecule has 0 saturated heterocycles. The van der Waals surface area contributed by atoms with Crippen molar-refractivity contribution in [1.29, 1.82) is 0 Å². The third-order valence-corrected chi connectivity index (χ3v) is 3.88. The van der Waals surface area contributed by atoms with Gasteiger partial charge in [-0.05, 0) is 36.6 Å². The van der Waals surface area contributed by atoms with E-state index < -0.39 is 17.4 Å². The number of anilines is 1. The van der Waals surface area contributed by atoms with Crippen LogP contribution < -0.4 is 10.5 Å². The minimum absolute atomic E-state index is 0.0649. The highest BCUT2D eigenvalue weighted by molar-refractivity contribution is 5.98. The Morgan fingerprint density at radius 2 is 1.95 bits per heavy atom. The van der Waals surface area contributed by atoms with Crippen molar-refractivity contribution in [3.63, 3.8) is 0 Å². The number of hydrogen-bond donors (Lipinski definition) is 3. The fourth-order valence-electron chi connectivity index (χ4n) is 2.56. The number of rotatable bonds is 4. The molecule has 0 fully saturated rings. The van der Waals surface area contributed by atoms with Crippen molar-refractivity contribution < 1.29 is 24.5 Å². The third-order valence-electron chi connectivity index (χ3n) is 3.88. The smallest absolute Gasteiger partial charge is 0.331 e. The molecule has 4 N–H and O–H groups in total. The molecule has 0 saturated carbocycles. The Morgan fingerprint density at radius 1 is 1.27 bits per heavy atom. The van der Waals surface area contributed by atoms with Gasteiger partial charge in [0.1, 0.15) is 5.75 Å². The minimum Gasteiger partial charge on any atom is -0.495 e. The molecule has 1 aliphatic carbocycles. The average molecular weight is 303 g/mol. The molecule has 1 aliphatic rings. The van der Waals surface area contributed by atoms with Crippen LogP contribution >= 0.6 is 0 Å². The molecule has 116 valence electrons. The van der Waals surface area contributed by atoms with Gasteiger partial charge >= 0.3 is 11.9 Å². The van der Waals surface area contributed by atoms with Gasteiger partial charge in [0, 0.05) is 5.57 Å². The lowest BCUT2D eigenvalue weighted by Crippen LogP contribution is -2.32. The highest BCUT2D eigenvalue weighted by Gasteiger charge is 2.41. The Morgan fingerprint density at radius 3 is 2.45 bits per heavy atom. The molecule has 1 aromatic rings. The largest absolute Gasteiger partial charge is 0.495 e. The van der Waals surface area contributed by atoms with Crippen LogP contribution in [0.2, 0.25) is 0 Å². The zero-order chi connectivity index (χ0) is 16.5. The van der Waals surface area contributed by atoms with Crippen molar-refractivity contribution in [2.75, 3.05) is 12.8 Å². The normalized spacial score (nSPS) is 20.8. The van der Waals surface area contributed by atoms with Crippen LogP contribution in [-0.4, -0.2) is 29.3 Å². The summed E-state index contributed by atoms with van der Waals surface area (Å²) in [4.78, 5) is 22.8. The first kappa shape index (κ1) is 15.6. The van der Waals surface area contributed by atoms with Crippen LogP contribution in [-0.2, 0) is 9.59 Å². The summed E-state index contributed by atoms with van der Waals surface area (Å²) in [7, 11) is 1.49. The molecule has 0 spiro atoms. The summed E-state index contributed by atoms with van der Waals surface area (Å²) in [6.07, 6.45) is 2.88. The summed E-state index contributed by atoms with van der Waals surface area (Å²) in [5, 5.41) is 18.7. The summed E-state index contributed by atoms with van der Waals surface area (Å²) < 4.78 is 5.08. The van der Waals surface area contributed by atoms with Crippen molar-refractivity contribution >= 4 is 23.2 Å². The number of carboxylic acid groups (broad SMARTS) is 2. The fourth-order valence-corrected chi connectivity index (χ4v) is 2.56. The number of nitrogens with two attached hydrogens (primary N) is 1. The van der Waals surface area contributed by atoms with Crippen LogP contribution in [0.15, 0.2) is 35.9 Å². The molecule has 1 atom stereocenters. The van der Waals surface area contributed by atoms with Crippen LogP contribution in [0.5, 0.6) is 5.75 Å². The number of nitrogen functional groups attached to an aromatic ring is 1. The monoisotopic (exact) mass is 303 g/mol. The molecule has 1 unspecified atom stereocenters. The number of carbonyl (C=O) groups is 2. The third kappa shape index (κ3) is 2.55. The van der Waals surface area contributed by atoms with Gasteiger partial charge in [0.2, 0.25) is 0 Å². The van der Waals surface area contributed by atoms with Crippen molar-refractivity contribution in [3.05, 3.63) is 41.5 Å². The lowest BCUT2D eigenvalue weighted by atomic mass is 9.71. The Labute approximate surface area is 127 Å². The van der Waals surface area contributed by atoms with Crippen LogP contribution in [0.3, 0.4) is 0 Å². The maximum absolute atomic E-state index is 11.7. The lowest BCUT2D eigenvalue weighted by Gasteiger charge is -2.31. The second kappa shape index (κ2) is 5.55. The van der Waals surface area contributed by atoms with Gasteiger partial charge < -0.3 is 20.7 Å². The Hall–Kier alpha value is -2.76.